The number of anilines is 1. The van der Waals surface area contributed by atoms with Gasteiger partial charge in [-0.1, -0.05) is 32.4 Å². The number of nitrogens with one attached hydrogen (secondary N) is 1. The van der Waals surface area contributed by atoms with Gasteiger partial charge in [-0.2, -0.15) is 0 Å². The van der Waals surface area contributed by atoms with Crippen molar-refractivity contribution in [2.75, 3.05) is 5.43 Å². The summed E-state index contributed by atoms with van der Waals surface area (Å²) in [6, 6.07) is 9.29. The molecule has 0 unspecified atom stereocenters. The highest BCUT2D eigenvalue weighted by Crippen LogP contribution is 2.26. The molecule has 0 spiro atoms. The summed E-state index contributed by atoms with van der Waals surface area (Å²) in [5, 5.41) is 0.688. The average molecular weight is 277 g/mol. The molecule has 1 heterocycles. The van der Waals surface area contributed by atoms with Gasteiger partial charge in [-0.05, 0) is 24.3 Å². The SMILES string of the molecule is CC(C)(C)c1cc(NN)nc(-c2ccc(Cl)cc2)n1. The summed E-state index contributed by atoms with van der Waals surface area (Å²) >= 11 is 5.89. The lowest BCUT2D eigenvalue weighted by atomic mass is 9.92. The maximum absolute atomic E-state index is 5.89. The van der Waals surface area contributed by atoms with Crippen LogP contribution < -0.4 is 11.3 Å². The van der Waals surface area contributed by atoms with Crippen LogP contribution in [0.3, 0.4) is 0 Å². The molecule has 0 fully saturated rings. The van der Waals surface area contributed by atoms with Gasteiger partial charge in [0.05, 0.1) is 5.69 Å². The molecular weight excluding hydrogens is 260 g/mol. The number of nitrogen functional groups attached to an aromatic ring is 1. The summed E-state index contributed by atoms with van der Waals surface area (Å²) in [6.45, 7) is 6.30. The first kappa shape index (κ1) is 13.8. The van der Waals surface area contributed by atoms with E-state index in [-0.39, 0.29) is 5.41 Å². The van der Waals surface area contributed by atoms with Crippen LogP contribution in [-0.2, 0) is 5.41 Å². The Morgan fingerprint density at radius 3 is 2.26 bits per heavy atom. The number of hydrogen-bond donors (Lipinski definition) is 2. The Morgan fingerprint density at radius 1 is 1.11 bits per heavy atom. The fraction of sp³-hybridized carbons (Fsp3) is 0.286. The molecule has 4 nitrogen and oxygen atoms in total. The zero-order chi connectivity index (χ0) is 14.0. The third-order valence-electron chi connectivity index (χ3n) is 2.74. The second-order valence-electron chi connectivity index (χ2n) is 5.36. The molecule has 1 aromatic heterocycles. The van der Waals surface area contributed by atoms with Crippen LogP contribution in [0, 0.1) is 0 Å². The lowest BCUT2D eigenvalue weighted by molar-refractivity contribution is 0.568. The van der Waals surface area contributed by atoms with Gasteiger partial charge in [-0.3, -0.25) is 0 Å². The summed E-state index contributed by atoms with van der Waals surface area (Å²) in [5.74, 6) is 6.71. The van der Waals surface area contributed by atoms with Crippen molar-refractivity contribution in [2.24, 2.45) is 5.84 Å². The molecule has 0 aliphatic heterocycles. The Bertz CT molecular complexity index is 573. The zero-order valence-electron chi connectivity index (χ0n) is 11.2. The van der Waals surface area contributed by atoms with Gasteiger partial charge in [-0.15, -0.1) is 0 Å². The Labute approximate surface area is 118 Å². The Kier molecular flexibility index (Phi) is 3.73. The highest BCUT2D eigenvalue weighted by Gasteiger charge is 2.18. The number of aromatic nitrogens is 2. The summed E-state index contributed by atoms with van der Waals surface area (Å²) in [7, 11) is 0. The minimum absolute atomic E-state index is 0.0737. The topological polar surface area (TPSA) is 63.8 Å². The third-order valence-corrected chi connectivity index (χ3v) is 3.00. The van der Waals surface area contributed by atoms with Gasteiger partial charge in [0, 0.05) is 22.1 Å². The van der Waals surface area contributed by atoms with E-state index in [1.165, 1.54) is 0 Å². The van der Waals surface area contributed by atoms with E-state index in [4.69, 9.17) is 17.4 Å². The van der Waals surface area contributed by atoms with Gasteiger partial charge in [0.25, 0.3) is 0 Å². The van der Waals surface area contributed by atoms with Crippen molar-refractivity contribution >= 4 is 17.4 Å². The molecule has 0 atom stereocenters. The normalized spacial score (nSPS) is 11.4. The van der Waals surface area contributed by atoms with Crippen molar-refractivity contribution in [1.29, 1.82) is 0 Å². The molecule has 0 saturated carbocycles. The van der Waals surface area contributed by atoms with Gasteiger partial charge < -0.3 is 5.43 Å². The van der Waals surface area contributed by atoms with Crippen LogP contribution in [-0.4, -0.2) is 9.97 Å². The van der Waals surface area contributed by atoms with Crippen molar-refractivity contribution < 1.29 is 0 Å². The van der Waals surface area contributed by atoms with E-state index in [2.05, 4.69) is 36.2 Å². The first-order valence-corrected chi connectivity index (χ1v) is 6.40. The van der Waals surface area contributed by atoms with E-state index in [1.54, 1.807) is 0 Å². The summed E-state index contributed by atoms with van der Waals surface area (Å²) in [4.78, 5) is 8.98. The number of nitrogens with two attached hydrogens (primary N) is 1. The van der Waals surface area contributed by atoms with Crippen molar-refractivity contribution in [3.05, 3.63) is 41.0 Å². The van der Waals surface area contributed by atoms with Crippen molar-refractivity contribution in [3.63, 3.8) is 0 Å². The average Bonchev–Trinajstić information content (AvgIpc) is 2.38. The van der Waals surface area contributed by atoms with E-state index in [1.807, 2.05) is 30.3 Å². The predicted octanol–water partition coefficient (Wildman–Crippen LogP) is 3.38. The molecule has 0 aliphatic carbocycles. The molecule has 0 amide bonds. The fourth-order valence-electron chi connectivity index (χ4n) is 1.63. The smallest absolute Gasteiger partial charge is 0.161 e. The molecule has 2 rings (SSSR count). The number of halogens is 1. The van der Waals surface area contributed by atoms with E-state index in [0.717, 1.165) is 11.3 Å². The Hall–Kier alpha value is -1.65. The maximum atomic E-state index is 5.89. The van der Waals surface area contributed by atoms with Crippen LogP contribution in [0.25, 0.3) is 11.4 Å². The molecular formula is C14H17ClN4. The zero-order valence-corrected chi connectivity index (χ0v) is 12.0. The molecule has 5 heteroatoms. The predicted molar refractivity (Wildman–Crippen MR) is 79.0 cm³/mol. The third kappa shape index (κ3) is 3.22. The molecule has 2 aromatic rings. The highest BCUT2D eigenvalue weighted by atomic mass is 35.5. The Morgan fingerprint density at radius 2 is 1.74 bits per heavy atom. The molecule has 100 valence electrons. The van der Waals surface area contributed by atoms with Crippen LogP contribution in [0.15, 0.2) is 30.3 Å². The first-order chi connectivity index (χ1) is 8.90. The molecule has 3 N–H and O–H groups in total. The van der Waals surface area contributed by atoms with E-state index >= 15 is 0 Å². The fourth-order valence-corrected chi connectivity index (χ4v) is 1.76. The summed E-state index contributed by atoms with van der Waals surface area (Å²) in [6.07, 6.45) is 0. The largest absolute Gasteiger partial charge is 0.308 e. The number of nitrogens with zero attached hydrogens (tertiary/aromatic N) is 2. The van der Waals surface area contributed by atoms with Crippen LogP contribution in [0.4, 0.5) is 5.82 Å². The summed E-state index contributed by atoms with van der Waals surface area (Å²) < 4.78 is 0. The van der Waals surface area contributed by atoms with Crippen LogP contribution in [0.5, 0.6) is 0 Å². The minimum Gasteiger partial charge on any atom is -0.308 e. The lowest BCUT2D eigenvalue weighted by Gasteiger charge is -2.19. The second-order valence-corrected chi connectivity index (χ2v) is 5.80. The monoisotopic (exact) mass is 276 g/mol. The number of hydrazine groups is 1. The van der Waals surface area contributed by atoms with Crippen molar-refractivity contribution in [1.82, 2.24) is 9.97 Å². The van der Waals surface area contributed by atoms with Gasteiger partial charge in [0.15, 0.2) is 5.82 Å². The second kappa shape index (κ2) is 5.15. The molecule has 19 heavy (non-hydrogen) atoms. The van der Waals surface area contributed by atoms with Crippen LogP contribution in [0.1, 0.15) is 26.5 Å². The standard InChI is InChI=1S/C14H17ClN4/c1-14(2,3)11-8-12(19-16)18-13(17-11)9-4-6-10(15)7-5-9/h4-8H,16H2,1-3H3,(H,17,18,19). The van der Waals surface area contributed by atoms with Crippen molar-refractivity contribution in [3.8, 4) is 11.4 Å². The molecule has 1 aromatic carbocycles. The summed E-state index contributed by atoms with van der Waals surface area (Å²) in [5.41, 5.74) is 4.35. The Balaban J connectivity index is 2.54. The maximum Gasteiger partial charge on any atom is 0.161 e. The van der Waals surface area contributed by atoms with Crippen molar-refractivity contribution in [2.45, 2.75) is 26.2 Å². The van der Waals surface area contributed by atoms with Gasteiger partial charge in [0.2, 0.25) is 0 Å². The minimum atomic E-state index is -0.0737. The highest BCUT2D eigenvalue weighted by molar-refractivity contribution is 6.30. The lowest BCUT2D eigenvalue weighted by Crippen LogP contribution is -2.17. The van der Waals surface area contributed by atoms with Gasteiger partial charge in [-0.25, -0.2) is 15.8 Å². The molecule has 0 bridgehead atoms. The number of hydrogen-bond acceptors (Lipinski definition) is 4. The van der Waals surface area contributed by atoms with Gasteiger partial charge in [0.1, 0.15) is 5.82 Å². The van der Waals surface area contributed by atoms with Gasteiger partial charge >= 0.3 is 0 Å². The molecule has 0 radical (unpaired) electrons. The van der Waals surface area contributed by atoms with Crippen LogP contribution in [0.2, 0.25) is 5.02 Å². The number of benzene rings is 1. The number of rotatable bonds is 2. The first-order valence-electron chi connectivity index (χ1n) is 6.02. The quantitative estimate of drug-likeness (QED) is 0.652. The van der Waals surface area contributed by atoms with Crippen LogP contribution >= 0.6 is 11.6 Å². The van der Waals surface area contributed by atoms with E-state index in [0.29, 0.717) is 16.7 Å². The van der Waals surface area contributed by atoms with E-state index < -0.39 is 0 Å². The van der Waals surface area contributed by atoms with E-state index in [9.17, 15) is 0 Å². The molecule has 0 aliphatic rings. The molecule has 0 saturated heterocycles.